The van der Waals surface area contributed by atoms with E-state index in [0.717, 1.165) is 6.26 Å². The maximum absolute atomic E-state index is 13.8. The minimum atomic E-state index is -3.35. The number of rotatable bonds is 7. The van der Waals surface area contributed by atoms with Gasteiger partial charge in [0.1, 0.15) is 11.9 Å². The molecule has 0 bridgehead atoms. The summed E-state index contributed by atoms with van der Waals surface area (Å²) in [6.45, 7) is 0.882. The number of carboxylic acid groups (broad SMARTS) is 2. The van der Waals surface area contributed by atoms with E-state index >= 15 is 0 Å². The van der Waals surface area contributed by atoms with E-state index in [1.807, 2.05) is 0 Å². The second-order valence-electron chi connectivity index (χ2n) is 7.02. The maximum atomic E-state index is 13.8. The van der Waals surface area contributed by atoms with Crippen LogP contribution >= 0.6 is 0 Å². The molecule has 1 aliphatic heterocycles. The standard InChI is InChI=1S/C18H22FN3O6S/c1-29(27,28)22-8-6-20(7-9-22)17(18(25)26)14-11-21(5-4-16(23)24)15-10-12(19)2-3-13(14)15/h2-3,10-11,17H,4-9H2,1H3,(H,23,24)(H,25,26). The van der Waals surface area contributed by atoms with Crippen molar-refractivity contribution in [1.82, 2.24) is 13.8 Å². The van der Waals surface area contributed by atoms with Crippen LogP contribution in [-0.2, 0) is 26.2 Å². The third-order valence-electron chi connectivity index (χ3n) is 5.08. The molecule has 2 heterocycles. The molecule has 0 aliphatic carbocycles. The largest absolute Gasteiger partial charge is 0.481 e. The number of aromatic nitrogens is 1. The zero-order valence-corrected chi connectivity index (χ0v) is 16.6. The van der Waals surface area contributed by atoms with Gasteiger partial charge >= 0.3 is 11.9 Å². The fourth-order valence-electron chi connectivity index (χ4n) is 3.69. The monoisotopic (exact) mass is 427 g/mol. The highest BCUT2D eigenvalue weighted by atomic mass is 32.2. The zero-order valence-electron chi connectivity index (χ0n) is 15.8. The summed E-state index contributed by atoms with van der Waals surface area (Å²) < 4.78 is 40.0. The summed E-state index contributed by atoms with van der Waals surface area (Å²) in [6.07, 6.45) is 2.47. The van der Waals surface area contributed by atoms with Gasteiger partial charge in [-0.25, -0.2) is 12.8 Å². The first-order chi connectivity index (χ1) is 13.6. The van der Waals surface area contributed by atoms with E-state index in [0.29, 0.717) is 16.5 Å². The summed E-state index contributed by atoms with van der Waals surface area (Å²) in [4.78, 5) is 24.7. The number of carbonyl (C=O) groups is 2. The third kappa shape index (κ3) is 4.57. The predicted octanol–water partition coefficient (Wildman–Crippen LogP) is 0.958. The number of halogens is 1. The Hall–Kier alpha value is -2.50. The van der Waals surface area contributed by atoms with Crippen LogP contribution in [0.25, 0.3) is 10.9 Å². The lowest BCUT2D eigenvalue weighted by molar-refractivity contribution is -0.144. The van der Waals surface area contributed by atoms with Crippen LogP contribution < -0.4 is 0 Å². The van der Waals surface area contributed by atoms with Crippen LogP contribution in [0.3, 0.4) is 0 Å². The molecule has 2 N–H and O–H groups in total. The van der Waals surface area contributed by atoms with Gasteiger partial charge in [-0.05, 0) is 18.2 Å². The lowest BCUT2D eigenvalue weighted by atomic mass is 10.0. The van der Waals surface area contributed by atoms with Gasteiger partial charge in [-0.1, -0.05) is 0 Å². The molecular weight excluding hydrogens is 405 g/mol. The normalized spacial score (nSPS) is 17.4. The van der Waals surface area contributed by atoms with Gasteiger partial charge in [0.2, 0.25) is 10.0 Å². The molecule has 1 fully saturated rings. The molecule has 0 saturated carbocycles. The Bertz CT molecular complexity index is 1040. The summed E-state index contributed by atoms with van der Waals surface area (Å²) in [5, 5.41) is 19.4. The van der Waals surface area contributed by atoms with Crippen LogP contribution in [0.4, 0.5) is 4.39 Å². The minimum absolute atomic E-state index is 0.0729. The van der Waals surface area contributed by atoms with Gasteiger partial charge in [0.15, 0.2) is 0 Å². The molecule has 11 heteroatoms. The second-order valence-corrected chi connectivity index (χ2v) is 9.00. The molecule has 29 heavy (non-hydrogen) atoms. The molecule has 1 saturated heterocycles. The van der Waals surface area contributed by atoms with Crippen molar-refractivity contribution in [2.24, 2.45) is 0 Å². The second kappa shape index (κ2) is 8.09. The van der Waals surface area contributed by atoms with E-state index in [4.69, 9.17) is 5.11 Å². The van der Waals surface area contributed by atoms with Gasteiger partial charge in [-0.2, -0.15) is 4.31 Å². The van der Waals surface area contributed by atoms with Gasteiger partial charge in [-0.3, -0.25) is 14.5 Å². The number of fused-ring (bicyclic) bond motifs is 1. The van der Waals surface area contributed by atoms with Crippen molar-refractivity contribution < 1.29 is 32.6 Å². The maximum Gasteiger partial charge on any atom is 0.325 e. The average molecular weight is 427 g/mol. The summed E-state index contributed by atoms with van der Waals surface area (Å²) in [6, 6.07) is 2.91. The van der Waals surface area contributed by atoms with Crippen LogP contribution in [0, 0.1) is 5.82 Å². The van der Waals surface area contributed by atoms with E-state index in [1.165, 1.54) is 22.5 Å². The number of aryl methyl sites for hydroxylation is 1. The highest BCUT2D eigenvalue weighted by Gasteiger charge is 2.34. The van der Waals surface area contributed by atoms with E-state index in [-0.39, 0.29) is 39.1 Å². The molecule has 1 aromatic carbocycles. The van der Waals surface area contributed by atoms with Crippen LogP contribution in [0.15, 0.2) is 24.4 Å². The van der Waals surface area contributed by atoms with E-state index < -0.39 is 33.8 Å². The van der Waals surface area contributed by atoms with Crippen molar-refractivity contribution in [2.75, 3.05) is 32.4 Å². The SMILES string of the molecule is CS(=O)(=O)N1CCN(C(C(=O)O)c2cn(CCC(=O)O)c3cc(F)ccc23)CC1. The number of hydrogen-bond donors (Lipinski definition) is 2. The van der Waals surface area contributed by atoms with Gasteiger partial charge in [-0.15, -0.1) is 0 Å². The molecule has 1 unspecified atom stereocenters. The summed E-state index contributed by atoms with van der Waals surface area (Å²) in [7, 11) is -3.35. The number of sulfonamides is 1. The number of carboxylic acids is 2. The van der Waals surface area contributed by atoms with Gasteiger partial charge in [0.05, 0.1) is 18.2 Å². The zero-order chi connectivity index (χ0) is 21.3. The van der Waals surface area contributed by atoms with Gasteiger partial charge in [0, 0.05) is 49.9 Å². The Kier molecular flexibility index (Phi) is 5.92. The molecule has 1 aromatic heterocycles. The van der Waals surface area contributed by atoms with Crippen LogP contribution in [0.1, 0.15) is 18.0 Å². The number of aliphatic carboxylic acids is 2. The smallest absolute Gasteiger partial charge is 0.325 e. The first-order valence-corrected chi connectivity index (χ1v) is 10.8. The van der Waals surface area contributed by atoms with Gasteiger partial charge in [0.25, 0.3) is 0 Å². The highest BCUT2D eigenvalue weighted by molar-refractivity contribution is 7.88. The van der Waals surface area contributed by atoms with Gasteiger partial charge < -0.3 is 14.8 Å². The van der Waals surface area contributed by atoms with E-state index in [2.05, 4.69) is 0 Å². The fraction of sp³-hybridized carbons (Fsp3) is 0.444. The Morgan fingerprint density at radius 1 is 1.17 bits per heavy atom. The summed E-state index contributed by atoms with van der Waals surface area (Å²) in [5.74, 6) is -2.64. The van der Waals surface area contributed by atoms with Crippen molar-refractivity contribution >= 4 is 32.9 Å². The highest BCUT2D eigenvalue weighted by Crippen LogP contribution is 2.32. The molecule has 1 aliphatic rings. The minimum Gasteiger partial charge on any atom is -0.481 e. The van der Waals surface area contributed by atoms with Crippen molar-refractivity contribution in [2.45, 2.75) is 19.0 Å². The molecule has 2 aromatic rings. The first kappa shape index (κ1) is 21.2. The Labute approximate surface area is 167 Å². The first-order valence-electron chi connectivity index (χ1n) is 9.00. The van der Waals surface area contributed by atoms with Crippen LogP contribution in [0.5, 0.6) is 0 Å². The molecule has 9 nitrogen and oxygen atoms in total. The van der Waals surface area contributed by atoms with Crippen molar-refractivity contribution in [3.8, 4) is 0 Å². The van der Waals surface area contributed by atoms with Crippen molar-refractivity contribution in [3.63, 3.8) is 0 Å². The lowest BCUT2D eigenvalue weighted by Gasteiger charge is -2.36. The van der Waals surface area contributed by atoms with Crippen LogP contribution in [-0.4, -0.2) is 76.8 Å². The Morgan fingerprint density at radius 2 is 1.83 bits per heavy atom. The molecular formula is C18H22FN3O6S. The molecule has 0 spiro atoms. The number of nitrogens with zero attached hydrogens (tertiary/aromatic N) is 3. The van der Waals surface area contributed by atoms with Crippen LogP contribution in [0.2, 0.25) is 0 Å². The number of piperazine rings is 1. The van der Waals surface area contributed by atoms with Crippen molar-refractivity contribution in [1.29, 1.82) is 0 Å². The quantitative estimate of drug-likeness (QED) is 0.675. The van der Waals surface area contributed by atoms with Crippen molar-refractivity contribution in [3.05, 3.63) is 35.8 Å². The molecule has 3 rings (SSSR count). The lowest BCUT2D eigenvalue weighted by Crippen LogP contribution is -2.50. The fourth-order valence-corrected chi connectivity index (χ4v) is 4.52. The molecule has 0 amide bonds. The average Bonchev–Trinajstić information content (AvgIpc) is 2.97. The summed E-state index contributed by atoms with van der Waals surface area (Å²) >= 11 is 0. The predicted molar refractivity (Wildman–Crippen MR) is 103 cm³/mol. The molecule has 0 radical (unpaired) electrons. The number of benzene rings is 1. The molecule has 158 valence electrons. The Morgan fingerprint density at radius 3 is 2.38 bits per heavy atom. The summed E-state index contributed by atoms with van der Waals surface area (Å²) in [5.41, 5.74) is 0.841. The number of hydrogen-bond acceptors (Lipinski definition) is 5. The molecule has 1 atom stereocenters. The van der Waals surface area contributed by atoms with E-state index in [9.17, 15) is 27.5 Å². The topological polar surface area (TPSA) is 120 Å². The van der Waals surface area contributed by atoms with E-state index in [1.54, 1.807) is 15.7 Å². The Balaban J connectivity index is 1.97. The third-order valence-corrected chi connectivity index (χ3v) is 6.38.